The van der Waals surface area contributed by atoms with Crippen molar-refractivity contribution in [1.82, 2.24) is 24.3 Å². The number of sulfone groups is 1. The smallest absolute Gasteiger partial charge is 0.247 e. The fraction of sp³-hybridized carbons (Fsp3) is 0.200. The van der Waals surface area contributed by atoms with Gasteiger partial charge in [0.2, 0.25) is 15.0 Å². The average molecular weight is 429 g/mol. The molecule has 0 radical (unpaired) electrons. The highest BCUT2D eigenvalue weighted by atomic mass is 32.2. The van der Waals surface area contributed by atoms with Gasteiger partial charge < -0.3 is 0 Å². The van der Waals surface area contributed by atoms with E-state index in [4.69, 9.17) is 0 Å². The van der Waals surface area contributed by atoms with E-state index in [2.05, 4.69) is 19.9 Å². The van der Waals surface area contributed by atoms with Crippen molar-refractivity contribution in [2.24, 2.45) is 0 Å². The van der Waals surface area contributed by atoms with E-state index in [0.29, 0.717) is 17.0 Å². The lowest BCUT2D eigenvalue weighted by Crippen LogP contribution is -2.05. The Balaban J connectivity index is 2.11. The zero-order chi connectivity index (χ0) is 21.6. The Hall–Kier alpha value is -3.27. The van der Waals surface area contributed by atoms with Gasteiger partial charge in [0.25, 0.3) is 0 Å². The van der Waals surface area contributed by atoms with Crippen LogP contribution in [0.15, 0.2) is 48.0 Å². The SMILES string of the molecule is CC(C)c1nccn2c(-c3ccnc(S(C)(=O)=O)n3)c(-c3ccc(F)cc3F)nc12. The summed E-state index contributed by atoms with van der Waals surface area (Å²) >= 11 is 0. The largest absolute Gasteiger partial charge is 0.295 e. The number of hydrogen-bond donors (Lipinski definition) is 0. The average Bonchev–Trinajstić information content (AvgIpc) is 3.06. The van der Waals surface area contributed by atoms with Crippen molar-refractivity contribution in [3.05, 3.63) is 60.2 Å². The molecule has 0 bridgehead atoms. The molecule has 4 rings (SSSR count). The maximum absolute atomic E-state index is 14.7. The van der Waals surface area contributed by atoms with Gasteiger partial charge in [-0.05, 0) is 24.1 Å². The summed E-state index contributed by atoms with van der Waals surface area (Å²) in [4.78, 5) is 16.9. The van der Waals surface area contributed by atoms with Crippen LogP contribution in [0.3, 0.4) is 0 Å². The van der Waals surface area contributed by atoms with Crippen molar-refractivity contribution >= 4 is 15.5 Å². The first-order valence-corrected chi connectivity index (χ1v) is 10.9. The lowest BCUT2D eigenvalue weighted by atomic mass is 10.1. The van der Waals surface area contributed by atoms with Crippen LogP contribution in [0.5, 0.6) is 0 Å². The fourth-order valence-electron chi connectivity index (χ4n) is 3.17. The fourth-order valence-corrected chi connectivity index (χ4v) is 3.69. The Kier molecular flexibility index (Phi) is 4.81. The summed E-state index contributed by atoms with van der Waals surface area (Å²) in [6, 6.07) is 4.71. The number of aromatic nitrogens is 5. The Labute approximate surface area is 171 Å². The number of hydrogen-bond acceptors (Lipinski definition) is 6. The summed E-state index contributed by atoms with van der Waals surface area (Å²) in [5.74, 6) is -1.49. The molecule has 0 spiro atoms. The Morgan fingerprint density at radius 3 is 2.47 bits per heavy atom. The molecule has 0 saturated heterocycles. The normalized spacial score (nSPS) is 12.1. The molecule has 0 aliphatic carbocycles. The van der Waals surface area contributed by atoms with E-state index in [1.54, 1.807) is 16.8 Å². The van der Waals surface area contributed by atoms with Crippen molar-refractivity contribution < 1.29 is 17.2 Å². The van der Waals surface area contributed by atoms with Crippen molar-refractivity contribution in [2.75, 3.05) is 6.26 Å². The van der Waals surface area contributed by atoms with Gasteiger partial charge in [-0.2, -0.15) is 0 Å². The maximum atomic E-state index is 14.7. The zero-order valence-electron chi connectivity index (χ0n) is 16.3. The first-order chi connectivity index (χ1) is 14.2. The molecule has 0 unspecified atom stereocenters. The van der Waals surface area contributed by atoms with Crippen molar-refractivity contribution in [1.29, 1.82) is 0 Å². The number of fused-ring (bicyclic) bond motifs is 1. The van der Waals surface area contributed by atoms with E-state index in [1.807, 2.05) is 13.8 Å². The summed E-state index contributed by atoms with van der Waals surface area (Å²) in [6.45, 7) is 3.89. The van der Waals surface area contributed by atoms with Gasteiger partial charge in [-0.1, -0.05) is 13.8 Å². The summed E-state index contributed by atoms with van der Waals surface area (Å²) < 4.78 is 53.7. The van der Waals surface area contributed by atoms with Gasteiger partial charge in [0.05, 0.1) is 17.1 Å². The zero-order valence-corrected chi connectivity index (χ0v) is 17.2. The van der Waals surface area contributed by atoms with E-state index in [-0.39, 0.29) is 28.0 Å². The van der Waals surface area contributed by atoms with Crippen molar-refractivity contribution in [2.45, 2.75) is 24.9 Å². The second kappa shape index (κ2) is 7.21. The topological polar surface area (TPSA) is 90.1 Å². The predicted octanol–water partition coefficient (Wildman–Crippen LogP) is 3.66. The molecular formula is C20H17F2N5O2S. The molecule has 0 fully saturated rings. The van der Waals surface area contributed by atoms with Crippen LogP contribution in [0, 0.1) is 11.6 Å². The molecule has 10 heteroatoms. The van der Waals surface area contributed by atoms with Crippen molar-refractivity contribution in [3.63, 3.8) is 0 Å². The molecular weight excluding hydrogens is 412 g/mol. The van der Waals surface area contributed by atoms with Gasteiger partial charge in [-0.3, -0.25) is 9.38 Å². The van der Waals surface area contributed by atoms with Crippen LogP contribution in [-0.4, -0.2) is 39.0 Å². The minimum Gasteiger partial charge on any atom is -0.295 e. The molecule has 30 heavy (non-hydrogen) atoms. The highest BCUT2D eigenvalue weighted by Crippen LogP contribution is 2.35. The van der Waals surface area contributed by atoms with Gasteiger partial charge in [-0.25, -0.2) is 32.2 Å². The summed E-state index contributed by atoms with van der Waals surface area (Å²) in [6.07, 6.45) is 5.53. The Morgan fingerprint density at radius 1 is 1.03 bits per heavy atom. The lowest BCUT2D eigenvalue weighted by molar-refractivity contribution is 0.585. The highest BCUT2D eigenvalue weighted by molar-refractivity contribution is 7.90. The van der Waals surface area contributed by atoms with Gasteiger partial charge in [0, 0.05) is 36.5 Å². The van der Waals surface area contributed by atoms with Gasteiger partial charge in [-0.15, -0.1) is 0 Å². The second-order valence-electron chi connectivity index (χ2n) is 7.09. The third-order valence-electron chi connectivity index (χ3n) is 4.51. The van der Waals surface area contributed by atoms with Crippen molar-refractivity contribution in [3.8, 4) is 22.6 Å². The monoisotopic (exact) mass is 429 g/mol. The molecule has 7 nitrogen and oxygen atoms in total. The number of nitrogens with zero attached hydrogens (tertiary/aromatic N) is 5. The van der Waals surface area contributed by atoms with Crippen LogP contribution in [0.4, 0.5) is 8.78 Å². The minimum absolute atomic E-state index is 0.0202. The van der Waals surface area contributed by atoms with E-state index < -0.39 is 21.5 Å². The third kappa shape index (κ3) is 3.43. The first kappa shape index (κ1) is 20.0. The van der Waals surface area contributed by atoms with E-state index in [1.165, 1.54) is 18.3 Å². The molecule has 0 aliphatic heterocycles. The Morgan fingerprint density at radius 2 is 1.80 bits per heavy atom. The molecule has 154 valence electrons. The molecule has 1 aromatic carbocycles. The second-order valence-corrected chi connectivity index (χ2v) is 9.00. The van der Waals surface area contributed by atoms with Crippen LogP contribution in [0.25, 0.3) is 28.3 Å². The standard InChI is InChI=1S/C20H17F2N5O2S/c1-11(2)16-19-26-17(13-5-4-12(21)10-14(13)22)18(27(19)9-8-23-16)15-6-7-24-20(25-15)30(3,28)29/h4-11H,1-3H3. The van der Waals surface area contributed by atoms with Crippen LogP contribution >= 0.6 is 0 Å². The molecule has 0 N–H and O–H groups in total. The van der Waals surface area contributed by atoms with E-state index in [9.17, 15) is 17.2 Å². The first-order valence-electron chi connectivity index (χ1n) is 9.02. The summed E-state index contributed by atoms with van der Waals surface area (Å²) in [5.41, 5.74) is 1.99. The highest BCUT2D eigenvalue weighted by Gasteiger charge is 2.24. The van der Waals surface area contributed by atoms with Crippen LogP contribution < -0.4 is 0 Å². The van der Waals surface area contributed by atoms with E-state index in [0.717, 1.165) is 18.4 Å². The van der Waals surface area contributed by atoms with Gasteiger partial charge in [0.15, 0.2) is 5.65 Å². The third-order valence-corrected chi connectivity index (χ3v) is 5.37. The molecule has 3 aromatic heterocycles. The quantitative estimate of drug-likeness (QED) is 0.460. The number of rotatable bonds is 4. The molecule has 0 amide bonds. The lowest BCUT2D eigenvalue weighted by Gasteiger charge is -2.08. The van der Waals surface area contributed by atoms with Crippen LogP contribution in [0.1, 0.15) is 25.5 Å². The van der Waals surface area contributed by atoms with Crippen LogP contribution in [0.2, 0.25) is 0 Å². The van der Waals surface area contributed by atoms with E-state index >= 15 is 0 Å². The van der Waals surface area contributed by atoms with Gasteiger partial charge in [0.1, 0.15) is 17.3 Å². The summed E-state index contributed by atoms with van der Waals surface area (Å²) in [7, 11) is -3.67. The van der Waals surface area contributed by atoms with Gasteiger partial charge >= 0.3 is 0 Å². The number of benzene rings is 1. The Bertz CT molecular complexity index is 1380. The molecule has 0 aliphatic rings. The molecule has 3 heterocycles. The number of halogens is 2. The summed E-state index contributed by atoms with van der Waals surface area (Å²) in [5, 5.41) is -0.362. The minimum atomic E-state index is -3.67. The molecule has 0 atom stereocenters. The maximum Gasteiger partial charge on any atom is 0.247 e. The molecule has 4 aromatic rings. The predicted molar refractivity (Wildman–Crippen MR) is 107 cm³/mol. The van der Waals surface area contributed by atoms with Crippen LogP contribution in [-0.2, 0) is 9.84 Å². The number of imidazole rings is 1. The molecule has 0 saturated carbocycles.